The van der Waals surface area contributed by atoms with Crippen molar-refractivity contribution >= 4 is 0 Å². The summed E-state index contributed by atoms with van der Waals surface area (Å²) >= 11 is 0. The molecule has 4 heteroatoms. The highest BCUT2D eigenvalue weighted by Gasteiger charge is 2.30. The van der Waals surface area contributed by atoms with E-state index < -0.39 is 0 Å². The zero-order valence-electron chi connectivity index (χ0n) is 11.3. The van der Waals surface area contributed by atoms with E-state index in [4.69, 9.17) is 4.42 Å². The summed E-state index contributed by atoms with van der Waals surface area (Å²) in [6.45, 7) is 11.7. The summed E-state index contributed by atoms with van der Waals surface area (Å²) < 4.78 is 5.68. The summed E-state index contributed by atoms with van der Waals surface area (Å²) in [4.78, 5) is 6.77. The van der Waals surface area contributed by atoms with Gasteiger partial charge in [-0.1, -0.05) is 6.92 Å². The average Bonchev–Trinajstić information content (AvgIpc) is 2.71. The van der Waals surface area contributed by atoms with Crippen molar-refractivity contribution in [3.05, 3.63) is 17.8 Å². The third-order valence-electron chi connectivity index (χ3n) is 3.39. The Kier molecular flexibility index (Phi) is 3.54. The lowest BCUT2D eigenvalue weighted by Gasteiger charge is -2.42. The van der Waals surface area contributed by atoms with Gasteiger partial charge in [-0.15, -0.1) is 0 Å². The molecule has 4 nitrogen and oxygen atoms in total. The molecule has 0 aromatic carbocycles. The van der Waals surface area contributed by atoms with Crippen LogP contribution in [0, 0.1) is 0 Å². The van der Waals surface area contributed by atoms with Crippen LogP contribution in [0.5, 0.6) is 0 Å². The molecule has 1 N–H and O–H groups in total. The van der Waals surface area contributed by atoms with Crippen LogP contribution in [0.4, 0.5) is 0 Å². The monoisotopic (exact) mass is 237 g/mol. The fraction of sp³-hybridized carbons (Fsp3) is 0.769. The predicted octanol–water partition coefficient (Wildman–Crippen LogP) is 1.81. The van der Waals surface area contributed by atoms with Crippen molar-refractivity contribution in [3.63, 3.8) is 0 Å². The van der Waals surface area contributed by atoms with Gasteiger partial charge in [0.2, 0.25) is 5.89 Å². The van der Waals surface area contributed by atoms with Gasteiger partial charge < -0.3 is 9.73 Å². The van der Waals surface area contributed by atoms with Crippen molar-refractivity contribution in [2.45, 2.75) is 52.2 Å². The van der Waals surface area contributed by atoms with Crippen LogP contribution < -0.4 is 5.32 Å². The SMILES string of the molecule is CCc1cnc(CN2CC(C)(C)NCC2C)o1. The maximum absolute atomic E-state index is 5.68. The molecule has 1 aliphatic rings. The number of piperazine rings is 1. The van der Waals surface area contributed by atoms with Gasteiger partial charge in [-0.2, -0.15) is 0 Å². The summed E-state index contributed by atoms with van der Waals surface area (Å²) in [6.07, 6.45) is 2.75. The highest BCUT2D eigenvalue weighted by molar-refractivity contribution is 4.96. The smallest absolute Gasteiger partial charge is 0.208 e. The molecule has 17 heavy (non-hydrogen) atoms. The standard InChI is InChI=1S/C13H23N3O/c1-5-11-7-14-12(17-11)8-16-9-13(3,4)15-6-10(16)2/h7,10,15H,5-6,8-9H2,1-4H3. The van der Waals surface area contributed by atoms with Crippen LogP contribution in [0.1, 0.15) is 39.3 Å². The predicted molar refractivity (Wildman–Crippen MR) is 67.8 cm³/mol. The summed E-state index contributed by atoms with van der Waals surface area (Å²) in [5.74, 6) is 1.81. The van der Waals surface area contributed by atoms with Gasteiger partial charge in [0.25, 0.3) is 0 Å². The third kappa shape index (κ3) is 3.07. The van der Waals surface area contributed by atoms with Gasteiger partial charge in [-0.3, -0.25) is 4.90 Å². The van der Waals surface area contributed by atoms with Crippen LogP contribution in [0.2, 0.25) is 0 Å². The maximum Gasteiger partial charge on any atom is 0.208 e. The van der Waals surface area contributed by atoms with Crippen molar-refractivity contribution in [3.8, 4) is 0 Å². The van der Waals surface area contributed by atoms with E-state index in [0.29, 0.717) is 6.04 Å². The summed E-state index contributed by atoms with van der Waals surface area (Å²) in [5.41, 5.74) is 0.173. The Morgan fingerprint density at radius 1 is 1.59 bits per heavy atom. The van der Waals surface area contributed by atoms with Crippen LogP contribution in [0.15, 0.2) is 10.6 Å². The molecule has 1 atom stereocenters. The quantitative estimate of drug-likeness (QED) is 0.870. The Bertz CT molecular complexity index is 372. The lowest BCUT2D eigenvalue weighted by Crippen LogP contribution is -2.60. The molecule has 0 spiro atoms. The number of oxazole rings is 1. The first-order chi connectivity index (χ1) is 8.00. The lowest BCUT2D eigenvalue weighted by molar-refractivity contribution is 0.0887. The molecule has 2 heterocycles. The topological polar surface area (TPSA) is 41.3 Å². The van der Waals surface area contributed by atoms with Crippen molar-refractivity contribution in [2.24, 2.45) is 0 Å². The molecule has 96 valence electrons. The van der Waals surface area contributed by atoms with Gasteiger partial charge in [0.1, 0.15) is 5.76 Å². The van der Waals surface area contributed by atoms with E-state index in [1.165, 1.54) is 0 Å². The fourth-order valence-corrected chi connectivity index (χ4v) is 2.24. The van der Waals surface area contributed by atoms with E-state index in [2.05, 4.69) is 42.9 Å². The van der Waals surface area contributed by atoms with Gasteiger partial charge in [-0.25, -0.2) is 4.98 Å². The van der Waals surface area contributed by atoms with E-state index in [9.17, 15) is 0 Å². The van der Waals surface area contributed by atoms with Crippen LogP contribution in [0.25, 0.3) is 0 Å². The maximum atomic E-state index is 5.68. The molecule has 2 rings (SSSR count). The number of hydrogen-bond acceptors (Lipinski definition) is 4. The summed E-state index contributed by atoms with van der Waals surface area (Å²) in [6, 6.07) is 0.528. The number of hydrogen-bond donors (Lipinski definition) is 1. The second-order valence-electron chi connectivity index (χ2n) is 5.59. The summed E-state index contributed by atoms with van der Waals surface area (Å²) in [7, 11) is 0. The fourth-order valence-electron chi connectivity index (χ4n) is 2.24. The number of aryl methyl sites for hydroxylation is 1. The van der Waals surface area contributed by atoms with Crippen molar-refractivity contribution in [2.75, 3.05) is 13.1 Å². The normalized spacial score (nSPS) is 25.1. The third-order valence-corrected chi connectivity index (χ3v) is 3.39. The second kappa shape index (κ2) is 4.78. The Hall–Kier alpha value is -0.870. The molecular weight excluding hydrogens is 214 g/mol. The van der Waals surface area contributed by atoms with Gasteiger partial charge in [0, 0.05) is 31.1 Å². The van der Waals surface area contributed by atoms with Gasteiger partial charge in [0.05, 0.1) is 12.7 Å². The van der Waals surface area contributed by atoms with Crippen molar-refractivity contribution in [1.29, 1.82) is 0 Å². The Morgan fingerprint density at radius 2 is 2.35 bits per heavy atom. The Labute approximate surface area is 103 Å². The molecule has 0 bridgehead atoms. The van der Waals surface area contributed by atoms with E-state index in [-0.39, 0.29) is 5.54 Å². The molecular formula is C13H23N3O. The van der Waals surface area contributed by atoms with Gasteiger partial charge >= 0.3 is 0 Å². The zero-order valence-corrected chi connectivity index (χ0v) is 11.3. The molecule has 0 amide bonds. The molecule has 1 unspecified atom stereocenters. The highest BCUT2D eigenvalue weighted by Crippen LogP contribution is 2.17. The molecule has 0 radical (unpaired) electrons. The number of nitrogens with one attached hydrogen (secondary N) is 1. The highest BCUT2D eigenvalue weighted by atomic mass is 16.4. The van der Waals surface area contributed by atoms with Crippen LogP contribution in [-0.4, -0.2) is 34.6 Å². The Morgan fingerprint density at radius 3 is 3.00 bits per heavy atom. The van der Waals surface area contributed by atoms with Crippen molar-refractivity contribution < 1.29 is 4.42 Å². The minimum absolute atomic E-state index is 0.173. The van der Waals surface area contributed by atoms with Crippen LogP contribution >= 0.6 is 0 Å². The molecule has 0 aliphatic carbocycles. The van der Waals surface area contributed by atoms with E-state index in [1.54, 1.807) is 0 Å². The van der Waals surface area contributed by atoms with Crippen molar-refractivity contribution in [1.82, 2.24) is 15.2 Å². The number of rotatable bonds is 3. The van der Waals surface area contributed by atoms with E-state index in [1.807, 2.05) is 6.20 Å². The second-order valence-corrected chi connectivity index (χ2v) is 5.59. The first-order valence-electron chi connectivity index (χ1n) is 6.43. The zero-order chi connectivity index (χ0) is 12.5. The largest absolute Gasteiger partial charge is 0.444 e. The minimum Gasteiger partial charge on any atom is -0.444 e. The molecule has 1 fully saturated rings. The average molecular weight is 237 g/mol. The first-order valence-corrected chi connectivity index (χ1v) is 6.43. The number of nitrogens with zero attached hydrogens (tertiary/aromatic N) is 2. The molecule has 0 saturated carbocycles. The minimum atomic E-state index is 0.173. The number of aromatic nitrogens is 1. The lowest BCUT2D eigenvalue weighted by atomic mass is 9.99. The molecule has 1 aromatic heterocycles. The van der Waals surface area contributed by atoms with Gasteiger partial charge in [0.15, 0.2) is 0 Å². The molecule has 1 aromatic rings. The first kappa shape index (κ1) is 12.6. The van der Waals surface area contributed by atoms with Crippen LogP contribution in [-0.2, 0) is 13.0 Å². The van der Waals surface area contributed by atoms with E-state index in [0.717, 1.165) is 37.7 Å². The summed E-state index contributed by atoms with van der Waals surface area (Å²) in [5, 5.41) is 3.55. The Balaban J connectivity index is 2.01. The van der Waals surface area contributed by atoms with E-state index >= 15 is 0 Å². The van der Waals surface area contributed by atoms with Gasteiger partial charge in [-0.05, 0) is 20.8 Å². The molecule has 1 saturated heterocycles. The van der Waals surface area contributed by atoms with Crippen LogP contribution in [0.3, 0.4) is 0 Å². The molecule has 1 aliphatic heterocycles.